The van der Waals surface area contributed by atoms with Crippen LogP contribution in [0.15, 0.2) is 48.5 Å². The fraction of sp³-hybridized carbons (Fsp3) is 0.333. The monoisotopic (exact) mass is 355 g/mol. The first kappa shape index (κ1) is 19.7. The van der Waals surface area contributed by atoms with Crippen LogP contribution in [-0.4, -0.2) is 36.1 Å². The number of carbonyl (C=O) groups excluding carboxylic acids is 2. The average Bonchev–Trinajstić information content (AvgIpc) is 2.63. The smallest absolute Gasteiger partial charge is 0.220 e. The van der Waals surface area contributed by atoms with Crippen LogP contribution in [0, 0.1) is 13.8 Å². The molecule has 138 valence electrons. The molecule has 0 bridgehead atoms. The molecule has 0 aromatic heterocycles. The van der Waals surface area contributed by atoms with Crippen molar-refractivity contribution in [1.82, 2.24) is 5.32 Å². The van der Waals surface area contributed by atoms with Crippen molar-refractivity contribution in [2.75, 3.05) is 13.2 Å². The van der Waals surface area contributed by atoms with Crippen molar-refractivity contribution in [3.8, 4) is 5.75 Å². The fourth-order valence-electron chi connectivity index (χ4n) is 2.39. The quantitative estimate of drug-likeness (QED) is 0.678. The Morgan fingerprint density at radius 3 is 2.46 bits per heavy atom. The summed E-state index contributed by atoms with van der Waals surface area (Å²) < 4.78 is 5.49. The van der Waals surface area contributed by atoms with Crippen LogP contribution in [0.2, 0.25) is 0 Å². The maximum Gasteiger partial charge on any atom is 0.220 e. The van der Waals surface area contributed by atoms with E-state index in [9.17, 15) is 14.7 Å². The number of ketones is 1. The summed E-state index contributed by atoms with van der Waals surface area (Å²) in [5, 5.41) is 12.5. The number of aryl methyl sites for hydroxylation is 2. The summed E-state index contributed by atoms with van der Waals surface area (Å²) in [4.78, 5) is 23.9. The summed E-state index contributed by atoms with van der Waals surface area (Å²) in [5.41, 5.74) is 2.76. The van der Waals surface area contributed by atoms with Gasteiger partial charge in [-0.3, -0.25) is 9.59 Å². The molecular weight excluding hydrogens is 330 g/mol. The first-order valence-corrected chi connectivity index (χ1v) is 8.68. The topological polar surface area (TPSA) is 75.6 Å². The molecule has 2 rings (SSSR count). The third-order valence-electron chi connectivity index (χ3n) is 3.92. The number of nitrogens with one attached hydrogen (secondary N) is 1. The molecule has 0 fully saturated rings. The Kier molecular flexibility index (Phi) is 7.36. The lowest BCUT2D eigenvalue weighted by molar-refractivity contribution is -0.121. The summed E-state index contributed by atoms with van der Waals surface area (Å²) >= 11 is 0. The third-order valence-corrected chi connectivity index (χ3v) is 3.92. The first-order chi connectivity index (χ1) is 12.4. The molecule has 5 nitrogen and oxygen atoms in total. The molecular formula is C21H25NO4. The van der Waals surface area contributed by atoms with Gasteiger partial charge in [-0.25, -0.2) is 0 Å². The predicted molar refractivity (Wildman–Crippen MR) is 100 cm³/mol. The van der Waals surface area contributed by atoms with Crippen molar-refractivity contribution in [1.29, 1.82) is 0 Å². The van der Waals surface area contributed by atoms with Crippen LogP contribution in [0.25, 0.3) is 0 Å². The lowest BCUT2D eigenvalue weighted by Gasteiger charge is -2.13. The molecule has 26 heavy (non-hydrogen) atoms. The molecule has 1 unspecified atom stereocenters. The largest absolute Gasteiger partial charge is 0.491 e. The second-order valence-electron chi connectivity index (χ2n) is 6.37. The Labute approximate surface area is 154 Å². The minimum Gasteiger partial charge on any atom is -0.491 e. The zero-order valence-corrected chi connectivity index (χ0v) is 15.2. The van der Waals surface area contributed by atoms with Crippen LogP contribution in [-0.2, 0) is 4.79 Å². The van der Waals surface area contributed by atoms with Gasteiger partial charge in [0.1, 0.15) is 18.5 Å². The van der Waals surface area contributed by atoms with Crippen LogP contribution >= 0.6 is 0 Å². The van der Waals surface area contributed by atoms with E-state index in [2.05, 4.69) is 5.32 Å². The second kappa shape index (κ2) is 9.73. The lowest BCUT2D eigenvalue weighted by Crippen LogP contribution is -2.35. The van der Waals surface area contributed by atoms with Gasteiger partial charge in [-0.05, 0) is 31.5 Å². The summed E-state index contributed by atoms with van der Waals surface area (Å²) in [6.45, 7) is 4.09. The zero-order chi connectivity index (χ0) is 18.9. The van der Waals surface area contributed by atoms with E-state index < -0.39 is 6.10 Å². The molecule has 2 N–H and O–H groups in total. The van der Waals surface area contributed by atoms with Gasteiger partial charge in [-0.15, -0.1) is 0 Å². The predicted octanol–water partition coefficient (Wildman–Crippen LogP) is 2.82. The van der Waals surface area contributed by atoms with Crippen LogP contribution < -0.4 is 10.1 Å². The maximum atomic E-state index is 12.0. The van der Waals surface area contributed by atoms with Crippen molar-refractivity contribution in [3.63, 3.8) is 0 Å². The summed E-state index contributed by atoms with van der Waals surface area (Å²) in [7, 11) is 0. The Morgan fingerprint density at radius 2 is 1.77 bits per heavy atom. The van der Waals surface area contributed by atoms with Crippen LogP contribution in [0.3, 0.4) is 0 Å². The average molecular weight is 355 g/mol. The fourth-order valence-corrected chi connectivity index (χ4v) is 2.39. The molecule has 0 radical (unpaired) electrons. The number of rotatable bonds is 9. The van der Waals surface area contributed by atoms with Crippen LogP contribution in [0.5, 0.6) is 5.75 Å². The standard InChI is InChI=1S/C21H25NO4/c1-15-6-8-17(9-7-15)20(24)10-11-21(25)22-13-18(23)14-26-19-5-3-4-16(2)12-19/h3-9,12,18,23H,10-11,13-14H2,1-2H3,(H,22,25). The van der Waals surface area contributed by atoms with Crippen molar-refractivity contribution < 1.29 is 19.4 Å². The molecule has 2 aromatic carbocycles. The molecule has 1 atom stereocenters. The van der Waals surface area contributed by atoms with E-state index in [4.69, 9.17) is 4.74 Å². The summed E-state index contributed by atoms with van der Waals surface area (Å²) in [6, 6.07) is 14.8. The van der Waals surface area contributed by atoms with Crippen molar-refractivity contribution in [2.24, 2.45) is 0 Å². The molecule has 1 amide bonds. The van der Waals surface area contributed by atoms with Crippen LogP contribution in [0.1, 0.15) is 34.3 Å². The van der Waals surface area contributed by atoms with Crippen molar-refractivity contribution >= 4 is 11.7 Å². The molecule has 5 heteroatoms. The van der Waals surface area contributed by atoms with Gasteiger partial charge in [0.15, 0.2) is 5.78 Å². The SMILES string of the molecule is Cc1ccc(C(=O)CCC(=O)NCC(O)COc2cccc(C)c2)cc1. The van der Waals surface area contributed by atoms with Gasteiger partial charge < -0.3 is 15.2 Å². The minimum absolute atomic E-state index is 0.0662. The first-order valence-electron chi connectivity index (χ1n) is 8.68. The van der Waals surface area contributed by atoms with E-state index in [-0.39, 0.29) is 37.7 Å². The highest BCUT2D eigenvalue weighted by Gasteiger charge is 2.11. The highest BCUT2D eigenvalue weighted by molar-refractivity contribution is 5.97. The number of Topliss-reactive ketones (excluding diaryl/α,β-unsaturated/α-hetero) is 1. The van der Waals surface area contributed by atoms with E-state index in [1.807, 2.05) is 50.2 Å². The zero-order valence-electron chi connectivity index (χ0n) is 15.2. The van der Waals surface area contributed by atoms with E-state index in [1.54, 1.807) is 12.1 Å². The van der Waals surface area contributed by atoms with Gasteiger partial charge in [-0.1, -0.05) is 42.0 Å². The van der Waals surface area contributed by atoms with Gasteiger partial charge in [0.2, 0.25) is 5.91 Å². The molecule has 0 aliphatic heterocycles. The maximum absolute atomic E-state index is 12.0. The Hall–Kier alpha value is -2.66. The molecule has 0 spiro atoms. The van der Waals surface area contributed by atoms with Crippen LogP contribution in [0.4, 0.5) is 0 Å². The summed E-state index contributed by atoms with van der Waals surface area (Å²) in [5.74, 6) is 0.350. The van der Waals surface area contributed by atoms with Crippen molar-refractivity contribution in [2.45, 2.75) is 32.8 Å². The molecule has 0 saturated carbocycles. The summed E-state index contributed by atoms with van der Waals surface area (Å²) in [6.07, 6.45) is -0.574. The molecule has 2 aromatic rings. The highest BCUT2D eigenvalue weighted by atomic mass is 16.5. The Bertz CT molecular complexity index is 740. The third kappa shape index (κ3) is 6.69. The van der Waals surface area contributed by atoms with Crippen molar-refractivity contribution in [3.05, 3.63) is 65.2 Å². The molecule has 0 aliphatic rings. The van der Waals surface area contributed by atoms with Gasteiger partial charge in [0.05, 0.1) is 0 Å². The minimum atomic E-state index is -0.813. The van der Waals surface area contributed by atoms with Gasteiger partial charge >= 0.3 is 0 Å². The number of aliphatic hydroxyl groups is 1. The number of carbonyl (C=O) groups is 2. The highest BCUT2D eigenvalue weighted by Crippen LogP contribution is 2.12. The van der Waals surface area contributed by atoms with E-state index in [1.165, 1.54) is 0 Å². The number of benzene rings is 2. The van der Waals surface area contributed by atoms with Gasteiger partial charge in [0, 0.05) is 24.9 Å². The van der Waals surface area contributed by atoms with Gasteiger partial charge in [0.25, 0.3) is 0 Å². The number of aliphatic hydroxyl groups excluding tert-OH is 1. The molecule has 0 aliphatic carbocycles. The number of amides is 1. The van der Waals surface area contributed by atoms with E-state index in [0.29, 0.717) is 11.3 Å². The van der Waals surface area contributed by atoms with Gasteiger partial charge in [-0.2, -0.15) is 0 Å². The molecule has 0 heterocycles. The number of hydrogen-bond acceptors (Lipinski definition) is 4. The lowest BCUT2D eigenvalue weighted by atomic mass is 10.1. The normalized spacial score (nSPS) is 11.7. The Morgan fingerprint density at radius 1 is 1.04 bits per heavy atom. The number of ether oxygens (including phenoxy) is 1. The molecule has 0 saturated heterocycles. The van der Waals surface area contributed by atoms with E-state index >= 15 is 0 Å². The Balaban J connectivity index is 1.66. The number of hydrogen-bond donors (Lipinski definition) is 2. The second-order valence-corrected chi connectivity index (χ2v) is 6.37. The van der Waals surface area contributed by atoms with E-state index in [0.717, 1.165) is 11.1 Å².